The molecule has 0 spiro atoms. The van der Waals surface area contributed by atoms with Gasteiger partial charge in [0.15, 0.2) is 23.9 Å². The second kappa shape index (κ2) is 10.9. The molecule has 0 aromatic heterocycles. The van der Waals surface area contributed by atoms with Crippen LogP contribution in [0.2, 0.25) is 0 Å². The molecule has 1 aliphatic rings. The highest BCUT2D eigenvalue weighted by molar-refractivity contribution is 5.99. The third-order valence-corrected chi connectivity index (χ3v) is 4.73. The number of Topliss-reactive ketones (excluding diaryl/α,β-unsaturated/α-hetero) is 1. The van der Waals surface area contributed by atoms with Crippen molar-refractivity contribution in [2.45, 2.75) is 19.3 Å². The summed E-state index contributed by atoms with van der Waals surface area (Å²) < 4.78 is 15.9. The van der Waals surface area contributed by atoms with Gasteiger partial charge in [-0.25, -0.2) is 0 Å². The standard InChI is InChI=1S/C23H24N2O7/c24-21(27)10-11-25(17-4-2-1-3-5-17)22(28)15-32-23(29)9-7-18(26)16-6-8-19-20(14-16)31-13-12-30-19/h1-6,8,14H,7,9-13,15H2,(H2,24,27). The van der Waals surface area contributed by atoms with Crippen LogP contribution in [0.3, 0.4) is 0 Å². The van der Waals surface area contributed by atoms with E-state index in [0.29, 0.717) is 36.0 Å². The first-order chi connectivity index (χ1) is 15.4. The van der Waals surface area contributed by atoms with Crippen LogP contribution in [-0.4, -0.2) is 49.9 Å². The Hall–Kier alpha value is -3.88. The van der Waals surface area contributed by atoms with Gasteiger partial charge in [-0.15, -0.1) is 0 Å². The van der Waals surface area contributed by atoms with Crippen LogP contribution in [0.4, 0.5) is 5.69 Å². The molecule has 0 unspecified atom stereocenters. The minimum atomic E-state index is -0.674. The monoisotopic (exact) mass is 440 g/mol. The van der Waals surface area contributed by atoms with Gasteiger partial charge in [0, 0.05) is 30.6 Å². The number of anilines is 1. The van der Waals surface area contributed by atoms with E-state index < -0.39 is 24.4 Å². The first-order valence-electron chi connectivity index (χ1n) is 10.2. The molecule has 0 bridgehead atoms. The fourth-order valence-electron chi connectivity index (χ4n) is 3.10. The first kappa shape index (κ1) is 22.8. The number of benzene rings is 2. The van der Waals surface area contributed by atoms with Gasteiger partial charge in [-0.3, -0.25) is 19.2 Å². The predicted molar refractivity (Wildman–Crippen MR) is 115 cm³/mol. The summed E-state index contributed by atoms with van der Waals surface area (Å²) in [6.45, 7) is 0.419. The van der Waals surface area contributed by atoms with Crippen LogP contribution >= 0.6 is 0 Å². The molecule has 0 atom stereocenters. The molecule has 9 nitrogen and oxygen atoms in total. The van der Waals surface area contributed by atoms with Crippen LogP contribution in [0.5, 0.6) is 11.5 Å². The Morgan fingerprint density at radius 2 is 1.62 bits per heavy atom. The van der Waals surface area contributed by atoms with Crippen molar-refractivity contribution < 1.29 is 33.4 Å². The Bertz CT molecular complexity index is 991. The molecule has 1 aliphatic heterocycles. The van der Waals surface area contributed by atoms with Gasteiger partial charge in [-0.1, -0.05) is 18.2 Å². The number of nitrogens with two attached hydrogens (primary N) is 1. The van der Waals surface area contributed by atoms with Gasteiger partial charge >= 0.3 is 5.97 Å². The van der Waals surface area contributed by atoms with Crippen LogP contribution in [0.25, 0.3) is 0 Å². The van der Waals surface area contributed by atoms with Crippen molar-refractivity contribution in [3.05, 3.63) is 54.1 Å². The lowest BCUT2D eigenvalue weighted by Crippen LogP contribution is -2.37. The van der Waals surface area contributed by atoms with Crippen molar-refractivity contribution >= 4 is 29.3 Å². The Kier molecular flexibility index (Phi) is 7.80. The quantitative estimate of drug-likeness (QED) is 0.442. The van der Waals surface area contributed by atoms with Gasteiger partial charge < -0.3 is 24.8 Å². The molecule has 2 aromatic carbocycles. The maximum absolute atomic E-state index is 12.6. The summed E-state index contributed by atoms with van der Waals surface area (Å²) >= 11 is 0. The summed E-state index contributed by atoms with van der Waals surface area (Å²) in [6.07, 6.45) is -0.275. The SMILES string of the molecule is NC(=O)CCN(C(=O)COC(=O)CCC(=O)c1ccc2c(c1)OCCO2)c1ccccc1. The Labute approximate surface area is 185 Å². The lowest BCUT2D eigenvalue weighted by Gasteiger charge is -2.22. The molecule has 0 fully saturated rings. The van der Waals surface area contributed by atoms with Crippen molar-refractivity contribution in [2.75, 3.05) is 31.3 Å². The van der Waals surface area contributed by atoms with Crippen molar-refractivity contribution in [1.29, 1.82) is 0 Å². The Morgan fingerprint density at radius 1 is 0.906 bits per heavy atom. The van der Waals surface area contributed by atoms with Gasteiger partial charge in [-0.05, 0) is 30.3 Å². The number of hydrogen-bond donors (Lipinski definition) is 1. The number of carbonyl (C=O) groups excluding carboxylic acids is 4. The molecule has 9 heteroatoms. The zero-order valence-electron chi connectivity index (χ0n) is 17.5. The van der Waals surface area contributed by atoms with E-state index in [1.54, 1.807) is 48.5 Å². The van der Waals surface area contributed by atoms with Crippen molar-refractivity contribution in [3.8, 4) is 11.5 Å². The molecule has 3 rings (SSSR count). The smallest absolute Gasteiger partial charge is 0.306 e. The molecule has 0 saturated carbocycles. The zero-order chi connectivity index (χ0) is 22.9. The lowest BCUT2D eigenvalue weighted by atomic mass is 10.1. The normalized spacial score (nSPS) is 12.0. The van der Waals surface area contributed by atoms with E-state index in [9.17, 15) is 19.2 Å². The summed E-state index contributed by atoms with van der Waals surface area (Å²) in [5.74, 6) is -0.903. The molecular formula is C23H24N2O7. The van der Waals surface area contributed by atoms with E-state index in [1.807, 2.05) is 0 Å². The number of carbonyl (C=O) groups is 4. The highest BCUT2D eigenvalue weighted by Crippen LogP contribution is 2.31. The molecule has 0 saturated heterocycles. The largest absolute Gasteiger partial charge is 0.486 e. The van der Waals surface area contributed by atoms with E-state index in [4.69, 9.17) is 19.9 Å². The van der Waals surface area contributed by atoms with Gasteiger partial charge in [0.1, 0.15) is 13.2 Å². The van der Waals surface area contributed by atoms with Crippen LogP contribution in [0.1, 0.15) is 29.6 Å². The summed E-state index contributed by atoms with van der Waals surface area (Å²) in [5.41, 5.74) is 6.15. The number of primary amides is 1. The second-order valence-corrected chi connectivity index (χ2v) is 7.04. The predicted octanol–water partition coefficient (Wildman–Crippen LogP) is 1.87. The number of rotatable bonds is 10. The molecule has 2 N–H and O–H groups in total. The van der Waals surface area contributed by atoms with Crippen LogP contribution in [0, 0.1) is 0 Å². The molecule has 1 heterocycles. The maximum Gasteiger partial charge on any atom is 0.306 e. The Morgan fingerprint density at radius 3 is 2.34 bits per heavy atom. The highest BCUT2D eigenvalue weighted by Gasteiger charge is 2.20. The molecule has 0 radical (unpaired) electrons. The minimum absolute atomic E-state index is 0.0292. The Balaban J connectivity index is 1.50. The fourth-order valence-corrected chi connectivity index (χ4v) is 3.10. The van der Waals surface area contributed by atoms with Crippen molar-refractivity contribution in [3.63, 3.8) is 0 Å². The first-order valence-corrected chi connectivity index (χ1v) is 10.2. The molecular weight excluding hydrogens is 416 g/mol. The number of esters is 1. The second-order valence-electron chi connectivity index (χ2n) is 7.04. The fraction of sp³-hybridized carbons (Fsp3) is 0.304. The number of para-hydroxylation sites is 1. The average Bonchev–Trinajstić information content (AvgIpc) is 2.81. The maximum atomic E-state index is 12.6. The van der Waals surface area contributed by atoms with E-state index in [1.165, 1.54) is 4.90 Å². The summed E-state index contributed by atoms with van der Waals surface area (Å²) in [7, 11) is 0. The number of fused-ring (bicyclic) bond motifs is 1. The topological polar surface area (TPSA) is 125 Å². The molecule has 168 valence electrons. The molecule has 32 heavy (non-hydrogen) atoms. The van der Waals surface area contributed by atoms with Crippen molar-refractivity contribution in [1.82, 2.24) is 0 Å². The lowest BCUT2D eigenvalue weighted by molar-refractivity contribution is -0.147. The van der Waals surface area contributed by atoms with Crippen LogP contribution in [0.15, 0.2) is 48.5 Å². The molecule has 0 aliphatic carbocycles. The molecule has 2 aromatic rings. The molecule has 2 amide bonds. The van der Waals surface area contributed by atoms with Gasteiger partial charge in [-0.2, -0.15) is 0 Å². The minimum Gasteiger partial charge on any atom is -0.486 e. The summed E-state index contributed by atoms with van der Waals surface area (Å²) in [6, 6.07) is 13.5. The van der Waals surface area contributed by atoms with Gasteiger partial charge in [0.25, 0.3) is 5.91 Å². The van der Waals surface area contributed by atoms with Crippen LogP contribution in [-0.2, 0) is 19.1 Å². The third kappa shape index (κ3) is 6.31. The van der Waals surface area contributed by atoms with Gasteiger partial charge in [0.2, 0.25) is 5.91 Å². The number of hydrogen-bond acceptors (Lipinski definition) is 7. The van der Waals surface area contributed by atoms with E-state index in [2.05, 4.69) is 0 Å². The summed E-state index contributed by atoms with van der Waals surface area (Å²) in [4.78, 5) is 49.5. The number of amides is 2. The summed E-state index contributed by atoms with van der Waals surface area (Å²) in [5, 5.41) is 0. The zero-order valence-corrected chi connectivity index (χ0v) is 17.5. The van der Waals surface area contributed by atoms with Crippen LogP contribution < -0.4 is 20.1 Å². The number of nitrogens with zero attached hydrogens (tertiary/aromatic N) is 1. The highest BCUT2D eigenvalue weighted by atomic mass is 16.6. The average molecular weight is 440 g/mol. The van der Waals surface area contributed by atoms with E-state index in [-0.39, 0.29) is 31.6 Å². The third-order valence-electron chi connectivity index (χ3n) is 4.73. The van der Waals surface area contributed by atoms with E-state index >= 15 is 0 Å². The number of ether oxygens (including phenoxy) is 3. The van der Waals surface area contributed by atoms with Crippen molar-refractivity contribution in [2.24, 2.45) is 5.73 Å². The number of ketones is 1. The van der Waals surface area contributed by atoms with E-state index in [0.717, 1.165) is 0 Å². The van der Waals surface area contributed by atoms with Gasteiger partial charge in [0.05, 0.1) is 6.42 Å².